The van der Waals surface area contributed by atoms with Gasteiger partial charge in [-0.1, -0.05) is 6.92 Å². The molecular weight excluding hydrogens is 250 g/mol. The molecule has 1 saturated carbocycles. The third kappa shape index (κ3) is 2.73. The molecule has 2 aliphatic rings. The molecule has 2 heterocycles. The average Bonchev–Trinajstić information content (AvgIpc) is 3.32. The minimum absolute atomic E-state index is 0.594. The standard InChI is InChI=1S/C15H25N5/c1-4-12-10-20(8-7-19(12)3)14-9-13(16-2)17-15(18-14)11-5-6-11/h9,11-12H,4-8,10H2,1-3H3,(H,16,17,18). The van der Waals surface area contributed by atoms with Crippen molar-refractivity contribution >= 4 is 11.6 Å². The van der Waals surface area contributed by atoms with Gasteiger partial charge < -0.3 is 10.2 Å². The Hall–Kier alpha value is -1.36. The summed E-state index contributed by atoms with van der Waals surface area (Å²) in [7, 11) is 4.15. The van der Waals surface area contributed by atoms with E-state index >= 15 is 0 Å². The van der Waals surface area contributed by atoms with Crippen LogP contribution in [0.15, 0.2) is 6.07 Å². The molecule has 0 bridgehead atoms. The summed E-state index contributed by atoms with van der Waals surface area (Å²) in [5.74, 6) is 3.66. The minimum Gasteiger partial charge on any atom is -0.373 e. The van der Waals surface area contributed by atoms with Gasteiger partial charge in [-0.05, 0) is 26.3 Å². The maximum Gasteiger partial charge on any atom is 0.136 e. The molecule has 0 amide bonds. The van der Waals surface area contributed by atoms with E-state index in [9.17, 15) is 0 Å². The molecule has 0 spiro atoms. The van der Waals surface area contributed by atoms with Crippen LogP contribution in [0.3, 0.4) is 0 Å². The zero-order valence-electron chi connectivity index (χ0n) is 12.8. The summed E-state index contributed by atoms with van der Waals surface area (Å²) in [6, 6.07) is 2.71. The molecule has 1 aliphatic heterocycles. The van der Waals surface area contributed by atoms with E-state index in [-0.39, 0.29) is 0 Å². The fourth-order valence-corrected chi connectivity index (χ4v) is 2.86. The Bertz CT molecular complexity index is 471. The largest absolute Gasteiger partial charge is 0.373 e. The second-order valence-corrected chi connectivity index (χ2v) is 5.98. The number of aromatic nitrogens is 2. The predicted molar refractivity (Wildman–Crippen MR) is 82.5 cm³/mol. The lowest BCUT2D eigenvalue weighted by Crippen LogP contribution is -2.51. The summed E-state index contributed by atoms with van der Waals surface area (Å²) < 4.78 is 0. The molecule has 1 atom stereocenters. The van der Waals surface area contributed by atoms with Gasteiger partial charge in [-0.25, -0.2) is 9.97 Å². The van der Waals surface area contributed by atoms with Crippen molar-refractivity contribution in [2.45, 2.75) is 38.1 Å². The van der Waals surface area contributed by atoms with Crippen molar-refractivity contribution in [1.29, 1.82) is 0 Å². The van der Waals surface area contributed by atoms with Crippen LogP contribution in [0.2, 0.25) is 0 Å². The highest BCUT2D eigenvalue weighted by Gasteiger charge is 2.29. The highest BCUT2D eigenvalue weighted by molar-refractivity contribution is 5.50. The van der Waals surface area contributed by atoms with Gasteiger partial charge >= 0.3 is 0 Å². The van der Waals surface area contributed by atoms with Crippen molar-refractivity contribution in [3.8, 4) is 0 Å². The molecule has 1 aromatic rings. The molecule has 110 valence electrons. The molecule has 5 nitrogen and oxygen atoms in total. The average molecular weight is 275 g/mol. The summed E-state index contributed by atoms with van der Waals surface area (Å²) in [6.45, 7) is 5.49. The lowest BCUT2D eigenvalue weighted by molar-refractivity contribution is 0.213. The molecule has 1 aliphatic carbocycles. The van der Waals surface area contributed by atoms with Gasteiger partial charge in [0, 0.05) is 44.7 Å². The molecule has 0 radical (unpaired) electrons. The Labute approximate surface area is 121 Å². The summed E-state index contributed by atoms with van der Waals surface area (Å²) in [5, 5.41) is 3.18. The van der Waals surface area contributed by atoms with Gasteiger partial charge in [0.15, 0.2) is 0 Å². The third-order valence-corrected chi connectivity index (χ3v) is 4.50. The van der Waals surface area contributed by atoms with Crippen LogP contribution < -0.4 is 10.2 Å². The van der Waals surface area contributed by atoms with E-state index in [1.165, 1.54) is 19.3 Å². The summed E-state index contributed by atoms with van der Waals surface area (Å²) in [4.78, 5) is 14.3. The van der Waals surface area contributed by atoms with Crippen LogP contribution in [0.1, 0.15) is 37.9 Å². The Morgan fingerprint density at radius 3 is 2.75 bits per heavy atom. The number of anilines is 2. The van der Waals surface area contributed by atoms with E-state index in [4.69, 9.17) is 4.98 Å². The van der Waals surface area contributed by atoms with E-state index < -0.39 is 0 Å². The van der Waals surface area contributed by atoms with E-state index in [0.29, 0.717) is 12.0 Å². The number of nitrogens with zero attached hydrogens (tertiary/aromatic N) is 4. The second kappa shape index (κ2) is 5.56. The quantitative estimate of drug-likeness (QED) is 0.909. The summed E-state index contributed by atoms with van der Waals surface area (Å²) in [5.41, 5.74) is 0. The van der Waals surface area contributed by atoms with E-state index in [0.717, 1.165) is 37.1 Å². The maximum absolute atomic E-state index is 4.82. The molecular formula is C15H25N5. The van der Waals surface area contributed by atoms with Crippen molar-refractivity contribution in [3.63, 3.8) is 0 Å². The molecule has 2 fully saturated rings. The SMILES string of the molecule is CCC1CN(c2cc(NC)nc(C3CC3)n2)CCN1C. The van der Waals surface area contributed by atoms with Crippen LogP contribution in [-0.4, -0.2) is 54.6 Å². The van der Waals surface area contributed by atoms with Crippen LogP contribution in [0.4, 0.5) is 11.6 Å². The van der Waals surface area contributed by atoms with Gasteiger partial charge in [0.1, 0.15) is 17.5 Å². The number of hydrogen-bond acceptors (Lipinski definition) is 5. The fraction of sp³-hybridized carbons (Fsp3) is 0.733. The summed E-state index contributed by atoms with van der Waals surface area (Å²) >= 11 is 0. The molecule has 1 saturated heterocycles. The molecule has 20 heavy (non-hydrogen) atoms. The Morgan fingerprint density at radius 1 is 1.30 bits per heavy atom. The highest BCUT2D eigenvalue weighted by Crippen LogP contribution is 2.39. The molecule has 1 aromatic heterocycles. The third-order valence-electron chi connectivity index (χ3n) is 4.50. The van der Waals surface area contributed by atoms with Gasteiger partial charge in [0.25, 0.3) is 0 Å². The van der Waals surface area contributed by atoms with Crippen LogP contribution >= 0.6 is 0 Å². The number of nitrogens with one attached hydrogen (secondary N) is 1. The van der Waals surface area contributed by atoms with E-state index in [1.807, 2.05) is 7.05 Å². The van der Waals surface area contributed by atoms with Gasteiger partial charge in [-0.15, -0.1) is 0 Å². The van der Waals surface area contributed by atoms with Crippen molar-refractivity contribution < 1.29 is 0 Å². The fourth-order valence-electron chi connectivity index (χ4n) is 2.86. The number of likely N-dealkylation sites (N-methyl/N-ethyl adjacent to an activating group) is 1. The second-order valence-electron chi connectivity index (χ2n) is 5.98. The smallest absolute Gasteiger partial charge is 0.136 e. The Kier molecular flexibility index (Phi) is 3.78. The zero-order valence-corrected chi connectivity index (χ0v) is 12.8. The zero-order chi connectivity index (χ0) is 14.1. The van der Waals surface area contributed by atoms with E-state index in [2.05, 4.69) is 40.1 Å². The molecule has 5 heteroatoms. The van der Waals surface area contributed by atoms with Gasteiger partial charge in [-0.3, -0.25) is 4.90 Å². The lowest BCUT2D eigenvalue weighted by atomic mass is 10.1. The first-order chi connectivity index (χ1) is 9.71. The van der Waals surface area contributed by atoms with Crippen molar-refractivity contribution in [1.82, 2.24) is 14.9 Å². The normalized spacial score (nSPS) is 23.9. The van der Waals surface area contributed by atoms with Crippen molar-refractivity contribution in [3.05, 3.63) is 11.9 Å². The number of piperazine rings is 1. The van der Waals surface area contributed by atoms with Gasteiger partial charge in [0.2, 0.25) is 0 Å². The van der Waals surface area contributed by atoms with Crippen LogP contribution in [0.5, 0.6) is 0 Å². The Morgan fingerprint density at radius 2 is 2.10 bits per heavy atom. The van der Waals surface area contributed by atoms with Crippen LogP contribution in [0, 0.1) is 0 Å². The maximum atomic E-state index is 4.82. The first-order valence-corrected chi connectivity index (χ1v) is 7.73. The topological polar surface area (TPSA) is 44.3 Å². The van der Waals surface area contributed by atoms with Gasteiger partial charge in [0.05, 0.1) is 0 Å². The summed E-state index contributed by atoms with van der Waals surface area (Å²) in [6.07, 6.45) is 3.67. The molecule has 1 N–H and O–H groups in total. The minimum atomic E-state index is 0.594. The first-order valence-electron chi connectivity index (χ1n) is 7.73. The lowest BCUT2D eigenvalue weighted by Gasteiger charge is -2.39. The molecule has 0 aromatic carbocycles. The van der Waals surface area contributed by atoms with Crippen LogP contribution in [-0.2, 0) is 0 Å². The first kappa shape index (κ1) is 13.6. The highest BCUT2D eigenvalue weighted by atomic mass is 15.3. The predicted octanol–water partition coefficient (Wildman–Crippen LogP) is 1.93. The van der Waals surface area contributed by atoms with Crippen molar-refractivity contribution in [2.24, 2.45) is 0 Å². The number of hydrogen-bond donors (Lipinski definition) is 1. The monoisotopic (exact) mass is 275 g/mol. The van der Waals surface area contributed by atoms with E-state index in [1.54, 1.807) is 0 Å². The molecule has 1 unspecified atom stereocenters. The molecule has 3 rings (SSSR count). The Balaban J connectivity index is 1.83. The van der Waals surface area contributed by atoms with Crippen molar-refractivity contribution in [2.75, 3.05) is 43.9 Å². The van der Waals surface area contributed by atoms with Crippen LogP contribution in [0.25, 0.3) is 0 Å². The van der Waals surface area contributed by atoms with Gasteiger partial charge in [-0.2, -0.15) is 0 Å². The number of rotatable bonds is 4.